The zero-order chi connectivity index (χ0) is 14.8. The molecule has 0 saturated carbocycles. The fourth-order valence-electron chi connectivity index (χ4n) is 1.42. The summed E-state index contributed by atoms with van der Waals surface area (Å²) in [6.07, 6.45) is 4.60. The number of urea groups is 1. The van der Waals surface area contributed by atoms with Gasteiger partial charge in [-0.15, -0.1) is 6.42 Å². The lowest BCUT2D eigenvalue weighted by Gasteiger charge is -2.19. The Kier molecular flexibility index (Phi) is 8.38. The molecule has 19 heavy (non-hydrogen) atoms. The van der Waals surface area contributed by atoms with Gasteiger partial charge in [-0.2, -0.15) is 0 Å². The Morgan fingerprint density at radius 3 is 2.47 bits per heavy atom. The molecule has 2 unspecified atom stereocenters. The number of carbonyl (C=O) groups is 2. The molecule has 108 valence electrons. The Morgan fingerprint density at radius 1 is 1.42 bits per heavy atom. The predicted octanol–water partition coefficient (Wildman–Crippen LogP) is 0.823. The number of carbonyl (C=O) groups excluding carboxylic acids is 1. The molecule has 0 heterocycles. The summed E-state index contributed by atoms with van der Waals surface area (Å²) in [4.78, 5) is 22.2. The van der Waals surface area contributed by atoms with Crippen molar-refractivity contribution in [3.8, 4) is 12.3 Å². The number of amides is 2. The molecular weight excluding hydrogens is 248 g/mol. The lowest BCUT2D eigenvalue weighted by Crippen LogP contribution is -2.46. The van der Waals surface area contributed by atoms with Gasteiger partial charge in [0.2, 0.25) is 0 Å². The number of rotatable bonds is 8. The topological polar surface area (TPSA) is 87.7 Å². The Hall–Kier alpha value is -1.74. The third-order valence-electron chi connectivity index (χ3n) is 2.43. The summed E-state index contributed by atoms with van der Waals surface area (Å²) in [5, 5.41) is 13.9. The van der Waals surface area contributed by atoms with Crippen LogP contribution < -0.4 is 10.6 Å². The van der Waals surface area contributed by atoms with Crippen LogP contribution in [-0.2, 0) is 9.53 Å². The van der Waals surface area contributed by atoms with Crippen LogP contribution in [0, 0.1) is 18.3 Å². The van der Waals surface area contributed by atoms with Crippen LogP contribution in [0.3, 0.4) is 0 Å². The van der Waals surface area contributed by atoms with Crippen LogP contribution in [0.15, 0.2) is 0 Å². The lowest BCUT2D eigenvalue weighted by molar-refractivity contribution is -0.140. The van der Waals surface area contributed by atoms with Crippen LogP contribution in [0.5, 0.6) is 0 Å². The van der Waals surface area contributed by atoms with Crippen molar-refractivity contribution in [2.24, 2.45) is 5.92 Å². The maximum absolute atomic E-state index is 11.6. The molecule has 2 amide bonds. The van der Waals surface area contributed by atoms with Crippen molar-refractivity contribution in [3.63, 3.8) is 0 Å². The molecule has 6 heteroatoms. The van der Waals surface area contributed by atoms with Crippen molar-refractivity contribution in [1.82, 2.24) is 10.6 Å². The van der Waals surface area contributed by atoms with E-state index in [0.29, 0.717) is 6.61 Å². The van der Waals surface area contributed by atoms with Gasteiger partial charge in [0.25, 0.3) is 0 Å². The molecule has 0 spiro atoms. The molecule has 0 bridgehead atoms. The lowest BCUT2D eigenvalue weighted by atomic mass is 10.1. The molecule has 2 atom stereocenters. The zero-order valence-corrected chi connectivity index (χ0v) is 11.6. The molecule has 0 aliphatic carbocycles. The van der Waals surface area contributed by atoms with E-state index < -0.39 is 18.1 Å². The molecule has 6 nitrogen and oxygen atoms in total. The Morgan fingerprint density at radius 2 is 2.05 bits per heavy atom. The van der Waals surface area contributed by atoms with E-state index in [0.717, 1.165) is 0 Å². The van der Waals surface area contributed by atoms with E-state index in [1.165, 1.54) is 0 Å². The van der Waals surface area contributed by atoms with Crippen molar-refractivity contribution in [1.29, 1.82) is 0 Å². The van der Waals surface area contributed by atoms with Crippen molar-refractivity contribution < 1.29 is 19.4 Å². The number of terminal acetylenes is 1. The second-order valence-corrected chi connectivity index (χ2v) is 4.42. The van der Waals surface area contributed by atoms with E-state index in [1.54, 1.807) is 6.92 Å². The fourth-order valence-corrected chi connectivity index (χ4v) is 1.42. The smallest absolute Gasteiger partial charge is 0.315 e. The maximum atomic E-state index is 11.6. The zero-order valence-electron chi connectivity index (χ0n) is 11.6. The first kappa shape index (κ1) is 17.3. The predicted molar refractivity (Wildman–Crippen MR) is 71.7 cm³/mol. The molecule has 0 aromatic heterocycles. The van der Waals surface area contributed by atoms with Gasteiger partial charge in [-0.1, -0.05) is 19.8 Å². The third-order valence-corrected chi connectivity index (χ3v) is 2.43. The largest absolute Gasteiger partial charge is 0.481 e. The number of hydrogen-bond acceptors (Lipinski definition) is 3. The second kappa shape index (κ2) is 9.22. The molecule has 0 aliphatic rings. The van der Waals surface area contributed by atoms with Crippen molar-refractivity contribution in [3.05, 3.63) is 0 Å². The van der Waals surface area contributed by atoms with Gasteiger partial charge in [0.1, 0.15) is 0 Å². The van der Waals surface area contributed by atoms with Crippen LogP contribution in [0.25, 0.3) is 0 Å². The van der Waals surface area contributed by atoms with Gasteiger partial charge in [-0.3, -0.25) is 4.79 Å². The third kappa shape index (κ3) is 8.06. The molecular formula is C13H22N2O4. The summed E-state index contributed by atoms with van der Waals surface area (Å²) < 4.78 is 5.22. The highest BCUT2D eigenvalue weighted by Gasteiger charge is 2.16. The van der Waals surface area contributed by atoms with Crippen molar-refractivity contribution in [2.75, 3.05) is 13.2 Å². The number of carboxylic acids is 1. The van der Waals surface area contributed by atoms with Crippen LogP contribution >= 0.6 is 0 Å². The summed E-state index contributed by atoms with van der Waals surface area (Å²) >= 11 is 0. The number of hydrogen-bond donors (Lipinski definition) is 3. The molecule has 3 N–H and O–H groups in total. The van der Waals surface area contributed by atoms with E-state index in [2.05, 4.69) is 16.6 Å². The summed E-state index contributed by atoms with van der Waals surface area (Å²) in [6.45, 7) is 6.08. The van der Waals surface area contributed by atoms with Gasteiger partial charge in [0, 0.05) is 13.2 Å². The van der Waals surface area contributed by atoms with Crippen LogP contribution in [0.1, 0.15) is 27.2 Å². The van der Waals surface area contributed by atoms with E-state index in [9.17, 15) is 9.59 Å². The molecule has 0 fully saturated rings. The standard InChI is InChI=1S/C13H22N2O4/c1-5-11(9(3)4)15-13(18)14-8-10(19-6-2)7-12(16)17/h1,9-11H,6-8H2,2-4H3,(H,16,17)(H2,14,15,18). The van der Waals surface area contributed by atoms with Crippen molar-refractivity contribution in [2.45, 2.75) is 39.3 Å². The van der Waals surface area contributed by atoms with E-state index in [1.807, 2.05) is 13.8 Å². The van der Waals surface area contributed by atoms with Gasteiger partial charge < -0.3 is 20.5 Å². The quantitative estimate of drug-likeness (QED) is 0.570. The summed E-state index contributed by atoms with van der Waals surface area (Å²) in [5.41, 5.74) is 0. The van der Waals surface area contributed by atoms with Gasteiger partial charge in [0.15, 0.2) is 0 Å². The van der Waals surface area contributed by atoms with Crippen LogP contribution in [0.2, 0.25) is 0 Å². The number of nitrogens with one attached hydrogen (secondary N) is 2. The van der Waals surface area contributed by atoms with Crippen molar-refractivity contribution >= 4 is 12.0 Å². The first-order valence-electron chi connectivity index (χ1n) is 6.24. The molecule has 0 aromatic carbocycles. The Balaban J connectivity index is 4.17. The molecule has 0 saturated heterocycles. The highest BCUT2D eigenvalue weighted by atomic mass is 16.5. The van der Waals surface area contributed by atoms with Gasteiger partial charge >= 0.3 is 12.0 Å². The minimum atomic E-state index is -0.968. The molecule has 0 aromatic rings. The highest BCUT2D eigenvalue weighted by molar-refractivity contribution is 5.75. The monoisotopic (exact) mass is 270 g/mol. The minimum Gasteiger partial charge on any atom is -0.481 e. The highest BCUT2D eigenvalue weighted by Crippen LogP contribution is 2.00. The van der Waals surface area contributed by atoms with Gasteiger partial charge in [-0.05, 0) is 12.8 Å². The number of aliphatic carboxylic acids is 1. The Bertz CT molecular complexity index is 336. The number of carboxylic acid groups (broad SMARTS) is 1. The fraction of sp³-hybridized carbons (Fsp3) is 0.692. The minimum absolute atomic E-state index is 0.123. The van der Waals surface area contributed by atoms with Crippen LogP contribution in [-0.4, -0.2) is 42.4 Å². The molecule has 0 rings (SSSR count). The van der Waals surface area contributed by atoms with E-state index >= 15 is 0 Å². The Labute approximate surface area is 113 Å². The van der Waals surface area contributed by atoms with E-state index in [4.69, 9.17) is 16.3 Å². The first-order valence-corrected chi connectivity index (χ1v) is 6.24. The number of ether oxygens (including phenoxy) is 1. The first-order chi connectivity index (χ1) is 8.90. The average molecular weight is 270 g/mol. The SMILES string of the molecule is C#CC(NC(=O)NCC(CC(=O)O)OCC)C(C)C. The maximum Gasteiger partial charge on any atom is 0.315 e. The van der Waals surface area contributed by atoms with E-state index in [-0.39, 0.29) is 24.9 Å². The molecule has 0 radical (unpaired) electrons. The second-order valence-electron chi connectivity index (χ2n) is 4.42. The van der Waals surface area contributed by atoms with Gasteiger partial charge in [-0.25, -0.2) is 4.79 Å². The van der Waals surface area contributed by atoms with Gasteiger partial charge in [0.05, 0.1) is 18.6 Å². The summed E-state index contributed by atoms with van der Waals surface area (Å²) in [6, 6.07) is -0.781. The molecule has 0 aliphatic heterocycles. The summed E-state index contributed by atoms with van der Waals surface area (Å²) in [7, 11) is 0. The normalized spacial score (nSPS) is 13.4. The van der Waals surface area contributed by atoms with Crippen LogP contribution in [0.4, 0.5) is 4.79 Å². The summed E-state index contributed by atoms with van der Waals surface area (Å²) in [5.74, 6) is 1.63. The average Bonchev–Trinajstić information content (AvgIpc) is 2.32.